The van der Waals surface area contributed by atoms with Crippen molar-refractivity contribution in [2.45, 2.75) is 245 Å². The molecule has 0 aromatic heterocycles. The molecule has 27 N–H and O–H groups in total. The Morgan fingerprint density at radius 1 is 0.380 bits per heavy atom. The quantitative estimate of drug-likeness (QED) is 0.0388. The number of carboxylic acid groups (broad SMARTS) is 2. The summed E-state index contributed by atoms with van der Waals surface area (Å²) in [7, 11) is 1.53. The van der Waals surface area contributed by atoms with E-state index in [4.69, 9.17) is 11.5 Å². The molecule has 1 aliphatic rings. The minimum atomic E-state index is -1.11. The first-order valence-corrected chi connectivity index (χ1v) is 38.5. The van der Waals surface area contributed by atoms with E-state index < -0.39 is 102 Å². The molecule has 1 aliphatic heterocycles. The Morgan fingerprint density at radius 3 is 1.04 bits per heavy atom. The highest BCUT2D eigenvalue weighted by atomic mass is 16.4. The molecule has 10 atom stereocenters. The van der Waals surface area contributed by atoms with E-state index in [0.29, 0.717) is 103 Å². The van der Waals surface area contributed by atoms with Crippen molar-refractivity contribution in [2.24, 2.45) is 35.1 Å². The molecule has 0 aromatic rings. The van der Waals surface area contributed by atoms with Crippen LogP contribution in [0.4, 0.5) is 47.9 Å². The molecule has 108 heavy (non-hydrogen) atoms. The van der Waals surface area contributed by atoms with Crippen molar-refractivity contribution >= 4 is 72.2 Å². The summed E-state index contributed by atoms with van der Waals surface area (Å²) in [6.07, 6.45) is 6.53. The molecule has 0 aromatic carbocycles. The Morgan fingerprint density at radius 2 is 0.694 bits per heavy atom. The number of nitrogens with two attached hydrogens (primary N) is 2. The fourth-order valence-corrected chi connectivity index (χ4v) is 11.9. The van der Waals surface area contributed by atoms with Gasteiger partial charge in [0.25, 0.3) is 0 Å². The number of likely N-dealkylation sites (tertiary alicyclic amines) is 1. The van der Waals surface area contributed by atoms with Gasteiger partial charge in [-0.25, -0.2) is 47.9 Å². The Kier molecular flexibility index (Phi) is 50.4. The minimum absolute atomic E-state index is 0.00248. The van der Waals surface area contributed by atoms with Gasteiger partial charge in [0, 0.05) is 152 Å². The average Bonchev–Trinajstić information content (AvgIpc) is 1.71. The molecule has 0 aliphatic carbocycles. The summed E-state index contributed by atoms with van der Waals surface area (Å²) in [4.78, 5) is 156. The molecule has 20 amide bonds. The van der Waals surface area contributed by atoms with Gasteiger partial charge < -0.3 is 138 Å². The zero-order chi connectivity index (χ0) is 81.1. The smallest absolute Gasteiger partial charge is 0.317 e. The number of urea groups is 10. The van der Waals surface area contributed by atoms with Crippen molar-refractivity contribution in [1.82, 2.24) is 117 Å². The summed E-state index contributed by atoms with van der Waals surface area (Å²) in [5.74, 6) is -1.21. The minimum Gasteiger partial charge on any atom is -0.481 e. The first-order chi connectivity index (χ1) is 51.1. The van der Waals surface area contributed by atoms with Gasteiger partial charge in [-0.3, -0.25) is 9.59 Å². The van der Waals surface area contributed by atoms with Crippen LogP contribution in [0.2, 0.25) is 0 Å². The first kappa shape index (κ1) is 96.9. The van der Waals surface area contributed by atoms with Crippen LogP contribution in [0.3, 0.4) is 0 Å². The van der Waals surface area contributed by atoms with Gasteiger partial charge in [0.1, 0.15) is 0 Å². The lowest BCUT2D eigenvalue weighted by atomic mass is 10.0. The SMILES string of the molecule is C=C(NC[C@H](CCCCN)NC(=O)NC[C@H](CC(C)C)NC(=O)NC[C@H](CCC(=O)O)NC(=O)NC[C@H](CC(C)C)NC(=O)NC[C@@H]1CCCN1C(=O)NC[C@H](CCCCN)NC(=O)NC[C@H](CC(C)C)NC(=O)NC[C@H](CCC(=O)O)NC(=O)NC[C@H](CC(C)C)NC(=O)NC(C)C)N[C@@H](C)CNC(=O)NC. The van der Waals surface area contributed by atoms with Gasteiger partial charge in [0.2, 0.25) is 0 Å². The first-order valence-electron chi connectivity index (χ1n) is 38.5. The number of carbonyl (C=O) groups is 12. The molecule has 1 rings (SSSR count). The van der Waals surface area contributed by atoms with E-state index in [1.807, 2.05) is 76.2 Å². The maximum absolute atomic E-state index is 13.8. The van der Waals surface area contributed by atoms with Gasteiger partial charge in [-0.1, -0.05) is 74.8 Å². The number of nitrogens with zero attached hydrogens (tertiary/aromatic N) is 1. The van der Waals surface area contributed by atoms with Gasteiger partial charge in [-0.15, -0.1) is 0 Å². The number of carboxylic acids is 2. The van der Waals surface area contributed by atoms with E-state index in [-0.39, 0.29) is 138 Å². The lowest BCUT2D eigenvalue weighted by Gasteiger charge is -2.28. The monoisotopic (exact) mass is 1540 g/mol. The van der Waals surface area contributed by atoms with Crippen LogP contribution in [0, 0.1) is 23.7 Å². The number of aliphatic carboxylic acids is 2. The van der Waals surface area contributed by atoms with E-state index >= 15 is 0 Å². The van der Waals surface area contributed by atoms with E-state index in [2.05, 4.69) is 118 Å². The van der Waals surface area contributed by atoms with Crippen molar-refractivity contribution in [2.75, 3.05) is 92.1 Å². The van der Waals surface area contributed by atoms with E-state index in [9.17, 15) is 67.7 Å². The third-order valence-corrected chi connectivity index (χ3v) is 17.0. The summed E-state index contributed by atoms with van der Waals surface area (Å²) in [5, 5.41) is 78.8. The number of rotatable bonds is 54. The Balaban J connectivity index is 2.92. The summed E-state index contributed by atoms with van der Waals surface area (Å²) < 4.78 is 0. The molecule has 0 saturated carbocycles. The van der Waals surface area contributed by atoms with Gasteiger partial charge in [0.05, 0.1) is 11.9 Å². The molecule has 1 fully saturated rings. The van der Waals surface area contributed by atoms with Crippen LogP contribution in [0.5, 0.6) is 0 Å². The van der Waals surface area contributed by atoms with Gasteiger partial charge in [-0.05, 0) is 135 Å². The number of nitrogens with one attached hydrogen (secondary N) is 21. The van der Waals surface area contributed by atoms with Crippen LogP contribution in [-0.2, 0) is 9.59 Å². The Bertz CT molecular complexity index is 2700. The summed E-state index contributed by atoms with van der Waals surface area (Å²) in [5.41, 5.74) is 11.6. The van der Waals surface area contributed by atoms with E-state index in [0.717, 1.165) is 12.8 Å². The zero-order valence-electron chi connectivity index (χ0n) is 66.3. The maximum Gasteiger partial charge on any atom is 0.317 e. The summed E-state index contributed by atoms with van der Waals surface area (Å²) in [6, 6.07) is -10.2. The molecule has 0 bridgehead atoms. The molecular weight excluding hydrogens is 1400 g/mol. The van der Waals surface area contributed by atoms with Crippen molar-refractivity contribution in [3.8, 4) is 0 Å². The normalized spacial score (nSPS) is 15.0. The highest BCUT2D eigenvalue weighted by Gasteiger charge is 2.31. The van der Waals surface area contributed by atoms with Crippen molar-refractivity contribution in [3.63, 3.8) is 0 Å². The second kappa shape index (κ2) is 56.2. The molecule has 38 nitrogen and oxygen atoms in total. The fourth-order valence-electron chi connectivity index (χ4n) is 11.9. The van der Waals surface area contributed by atoms with Gasteiger partial charge in [-0.2, -0.15) is 0 Å². The van der Waals surface area contributed by atoms with Crippen molar-refractivity contribution < 1.29 is 67.7 Å². The highest BCUT2D eigenvalue weighted by molar-refractivity contribution is 5.80. The van der Waals surface area contributed by atoms with Gasteiger partial charge in [0.15, 0.2) is 0 Å². The lowest BCUT2D eigenvalue weighted by Crippen LogP contribution is -2.55. The summed E-state index contributed by atoms with van der Waals surface area (Å²) >= 11 is 0. The van der Waals surface area contributed by atoms with Crippen LogP contribution < -0.4 is 123 Å². The number of carbonyl (C=O) groups excluding carboxylic acids is 10. The van der Waals surface area contributed by atoms with Crippen molar-refractivity contribution in [1.29, 1.82) is 0 Å². The van der Waals surface area contributed by atoms with Gasteiger partial charge >= 0.3 is 72.2 Å². The predicted octanol–water partition coefficient (Wildman–Crippen LogP) is 2.05. The molecule has 0 unspecified atom stereocenters. The van der Waals surface area contributed by atoms with Crippen LogP contribution in [0.15, 0.2) is 12.4 Å². The van der Waals surface area contributed by atoms with Crippen molar-refractivity contribution in [3.05, 3.63) is 12.4 Å². The Labute approximate surface area is 639 Å². The average molecular weight is 1540 g/mol. The van der Waals surface area contributed by atoms with Crippen LogP contribution >= 0.6 is 0 Å². The Hall–Kier alpha value is -9.10. The number of unbranched alkanes of at least 4 members (excludes halogenated alkanes) is 2. The molecule has 38 heteroatoms. The molecule has 0 radical (unpaired) electrons. The van der Waals surface area contributed by atoms with E-state index in [1.54, 1.807) is 4.90 Å². The predicted molar refractivity (Wildman–Crippen MR) is 416 cm³/mol. The van der Waals surface area contributed by atoms with Crippen LogP contribution in [0.25, 0.3) is 0 Å². The van der Waals surface area contributed by atoms with E-state index in [1.165, 1.54) is 7.05 Å². The molecule has 1 heterocycles. The second-order valence-electron chi connectivity index (χ2n) is 29.8. The van der Waals surface area contributed by atoms with Crippen LogP contribution in [-0.4, -0.2) is 246 Å². The number of amides is 20. The molecule has 622 valence electrons. The zero-order valence-corrected chi connectivity index (χ0v) is 66.3. The summed E-state index contributed by atoms with van der Waals surface area (Å²) in [6.45, 7) is 27.3. The third kappa shape index (κ3) is 50.5. The number of hydrogen-bond donors (Lipinski definition) is 25. The maximum atomic E-state index is 13.8. The molecular formula is C70H138N24O14. The largest absolute Gasteiger partial charge is 0.481 e. The molecule has 0 spiro atoms. The second-order valence-corrected chi connectivity index (χ2v) is 29.8. The molecule has 1 saturated heterocycles. The topological polar surface area (TPSA) is 553 Å². The highest BCUT2D eigenvalue weighted by Crippen LogP contribution is 2.17. The third-order valence-electron chi connectivity index (χ3n) is 17.0. The standard InChI is InChI=1S/C70H138N24O14/c1-43(2)29-54(38-78-62(100)86-50(19-14-16-26-71)34-74-49(12)85-48(11)33-75-61(99)73-13)90-66(104)76-35-52(22-24-59(95)96)88-64(102)80-40-56(31-45(5)6)92-68(106)82-42-58-21-18-28-94(58)70(108)83-37-51(20-15-17-27-72)87-63(101)79-39-55(30-44(3)4)91-67(105)77-36-53(23-25-60(97)98)89-65(103)81-41-57(32-46(7)8)93-69(107)84-47(9)10/h43-48,50-58,74,85H,12,14-42,71-72H2,1-11,13H3,(H,83,108)(H,95,96)(H,97,98)(H2,73,75,99)(H2,76,90,104)(H2,77,91,105)(H2,78,86,100)(H2,79,87,101)(H2,80,88,102)(H2,81,89,103)(H2,82,92,106)(H2,84,93,107)/t48-,50-,51-,52-,53-,54-,55-,56-,57-,58-/m0/s1. The fraction of sp³-hybridized carbons (Fsp3) is 0.800. The number of hydrogen-bond acceptors (Lipinski definition) is 16. The lowest BCUT2D eigenvalue weighted by molar-refractivity contribution is -0.138. The van der Waals surface area contributed by atoms with Crippen LogP contribution in [0.1, 0.15) is 179 Å².